The van der Waals surface area contributed by atoms with Crippen molar-refractivity contribution in [1.82, 2.24) is 0 Å². The van der Waals surface area contributed by atoms with Crippen LogP contribution in [0.4, 0.5) is 16.2 Å². The molecule has 2 aromatic rings. The molecule has 0 spiro atoms. The fourth-order valence-corrected chi connectivity index (χ4v) is 2.21. The van der Waals surface area contributed by atoms with E-state index < -0.39 is 11.7 Å². The molecule has 0 heterocycles. The Morgan fingerprint density at radius 1 is 0.857 bits per heavy atom. The van der Waals surface area contributed by atoms with Crippen molar-refractivity contribution < 1.29 is 23.8 Å². The quantitative estimate of drug-likeness (QED) is 0.693. The summed E-state index contributed by atoms with van der Waals surface area (Å²) in [6.45, 7) is 6.35. The molecule has 0 saturated carbocycles. The number of methoxy groups -OCH3 is 1. The summed E-state index contributed by atoms with van der Waals surface area (Å²) in [7, 11) is 1.61. The summed E-state index contributed by atoms with van der Waals surface area (Å²) in [5, 5.41) is 5.44. The van der Waals surface area contributed by atoms with E-state index in [0.29, 0.717) is 35.9 Å². The molecule has 0 aliphatic carbocycles. The van der Waals surface area contributed by atoms with Gasteiger partial charge in [0.05, 0.1) is 6.61 Å². The Balaban J connectivity index is 1.89. The minimum atomic E-state index is -0.575. The van der Waals surface area contributed by atoms with E-state index in [2.05, 4.69) is 10.6 Å². The number of carbonyl (C=O) groups is 2. The number of amides is 2. The van der Waals surface area contributed by atoms with Crippen molar-refractivity contribution >= 4 is 23.4 Å². The van der Waals surface area contributed by atoms with Crippen LogP contribution in [0.1, 0.15) is 31.1 Å². The van der Waals surface area contributed by atoms with Crippen LogP contribution in [0.25, 0.3) is 0 Å². The molecule has 2 N–H and O–H groups in total. The van der Waals surface area contributed by atoms with Crippen LogP contribution in [0.5, 0.6) is 5.75 Å². The molecule has 2 rings (SSSR count). The number of rotatable bonds is 7. The normalized spacial score (nSPS) is 10.9. The third kappa shape index (κ3) is 7.28. The summed E-state index contributed by atoms with van der Waals surface area (Å²) in [4.78, 5) is 24.1. The monoisotopic (exact) mass is 386 g/mol. The number of anilines is 2. The average molecular weight is 386 g/mol. The van der Waals surface area contributed by atoms with Gasteiger partial charge in [0, 0.05) is 24.0 Å². The number of ether oxygens (including phenoxy) is 3. The van der Waals surface area contributed by atoms with Crippen LogP contribution in [0.15, 0.2) is 48.5 Å². The van der Waals surface area contributed by atoms with E-state index in [1.165, 1.54) is 0 Å². The minimum Gasteiger partial charge on any atom is -0.491 e. The molecule has 0 aliphatic heterocycles. The summed E-state index contributed by atoms with van der Waals surface area (Å²) in [6.07, 6.45) is -0.544. The Morgan fingerprint density at radius 3 is 2.00 bits per heavy atom. The molecule has 0 fully saturated rings. The van der Waals surface area contributed by atoms with Crippen molar-refractivity contribution in [3.63, 3.8) is 0 Å². The van der Waals surface area contributed by atoms with Gasteiger partial charge in [-0.05, 0) is 69.3 Å². The molecular weight excluding hydrogens is 360 g/mol. The fraction of sp³-hybridized carbons (Fsp3) is 0.333. The van der Waals surface area contributed by atoms with Crippen molar-refractivity contribution in [3.8, 4) is 5.75 Å². The predicted molar refractivity (Wildman–Crippen MR) is 108 cm³/mol. The van der Waals surface area contributed by atoms with Gasteiger partial charge in [0.1, 0.15) is 18.0 Å². The highest BCUT2D eigenvalue weighted by molar-refractivity contribution is 6.04. The number of benzene rings is 2. The molecule has 2 aromatic carbocycles. The summed E-state index contributed by atoms with van der Waals surface area (Å²) >= 11 is 0. The van der Waals surface area contributed by atoms with Crippen molar-refractivity contribution in [2.45, 2.75) is 26.4 Å². The number of hydrogen-bond donors (Lipinski definition) is 2. The molecule has 0 unspecified atom stereocenters. The highest BCUT2D eigenvalue weighted by Gasteiger charge is 2.16. The van der Waals surface area contributed by atoms with Crippen molar-refractivity contribution in [2.24, 2.45) is 0 Å². The van der Waals surface area contributed by atoms with E-state index in [9.17, 15) is 9.59 Å². The Labute approximate surface area is 165 Å². The molecule has 0 aromatic heterocycles. The Hall–Kier alpha value is -3.06. The van der Waals surface area contributed by atoms with Crippen molar-refractivity contribution in [1.29, 1.82) is 0 Å². The maximum atomic E-state index is 12.4. The van der Waals surface area contributed by atoms with E-state index in [-0.39, 0.29) is 5.91 Å². The fourth-order valence-electron chi connectivity index (χ4n) is 2.21. The molecule has 0 radical (unpaired) electrons. The Kier molecular flexibility index (Phi) is 7.40. The summed E-state index contributed by atoms with van der Waals surface area (Å²) in [6, 6.07) is 13.6. The number of nitrogens with one attached hydrogen (secondary N) is 2. The summed E-state index contributed by atoms with van der Waals surface area (Å²) in [5.74, 6) is 0.449. The van der Waals surface area contributed by atoms with Crippen LogP contribution in [0, 0.1) is 0 Å². The van der Waals surface area contributed by atoms with Crippen LogP contribution in [0.2, 0.25) is 0 Å². The predicted octanol–water partition coefficient (Wildman–Crippen LogP) is 4.31. The first-order valence-corrected chi connectivity index (χ1v) is 8.90. The van der Waals surface area contributed by atoms with Crippen molar-refractivity contribution in [3.05, 3.63) is 54.1 Å². The number of carbonyl (C=O) groups excluding carboxylic acids is 2. The van der Waals surface area contributed by atoms with Gasteiger partial charge in [-0.1, -0.05) is 0 Å². The molecule has 0 atom stereocenters. The zero-order valence-electron chi connectivity index (χ0n) is 16.6. The highest BCUT2D eigenvalue weighted by Crippen LogP contribution is 2.18. The summed E-state index contributed by atoms with van der Waals surface area (Å²) < 4.78 is 15.6. The molecule has 2 amide bonds. The maximum Gasteiger partial charge on any atom is 0.412 e. The lowest BCUT2D eigenvalue weighted by molar-refractivity contribution is 0.0636. The van der Waals surface area contributed by atoms with Gasteiger partial charge in [0.2, 0.25) is 0 Å². The molecule has 0 bridgehead atoms. The molecule has 0 saturated heterocycles. The molecular formula is C21H26N2O5. The SMILES string of the molecule is COCCOc1ccc(NC(=O)c2ccc(NC(=O)OC(C)(C)C)cc2)cc1. The van der Waals surface area contributed by atoms with Gasteiger partial charge < -0.3 is 19.5 Å². The molecule has 7 nitrogen and oxygen atoms in total. The Morgan fingerprint density at radius 2 is 1.43 bits per heavy atom. The van der Waals surface area contributed by atoms with Gasteiger partial charge in [-0.15, -0.1) is 0 Å². The van der Waals surface area contributed by atoms with Crippen LogP contribution in [-0.4, -0.2) is 37.9 Å². The summed E-state index contributed by atoms with van der Waals surface area (Å²) in [5.41, 5.74) is 1.09. The average Bonchev–Trinajstić information content (AvgIpc) is 2.62. The van der Waals surface area contributed by atoms with E-state index in [0.717, 1.165) is 0 Å². The highest BCUT2D eigenvalue weighted by atomic mass is 16.6. The number of hydrogen-bond acceptors (Lipinski definition) is 5. The molecule has 28 heavy (non-hydrogen) atoms. The van der Waals surface area contributed by atoms with Crippen LogP contribution in [-0.2, 0) is 9.47 Å². The topological polar surface area (TPSA) is 85.9 Å². The second-order valence-electron chi connectivity index (χ2n) is 7.02. The second-order valence-corrected chi connectivity index (χ2v) is 7.02. The largest absolute Gasteiger partial charge is 0.491 e. The lowest BCUT2D eigenvalue weighted by Crippen LogP contribution is -2.27. The smallest absolute Gasteiger partial charge is 0.412 e. The third-order valence-electron chi connectivity index (χ3n) is 3.46. The molecule has 7 heteroatoms. The third-order valence-corrected chi connectivity index (χ3v) is 3.46. The van der Waals surface area contributed by atoms with Gasteiger partial charge in [-0.25, -0.2) is 4.79 Å². The van der Waals surface area contributed by atoms with Gasteiger partial charge in [0.15, 0.2) is 0 Å². The van der Waals surface area contributed by atoms with Crippen LogP contribution < -0.4 is 15.4 Å². The zero-order valence-corrected chi connectivity index (χ0v) is 16.6. The van der Waals surface area contributed by atoms with Crippen LogP contribution >= 0.6 is 0 Å². The first kappa shape index (κ1) is 21.2. The van der Waals surface area contributed by atoms with Gasteiger partial charge in [-0.3, -0.25) is 10.1 Å². The van der Waals surface area contributed by atoms with Gasteiger partial charge in [-0.2, -0.15) is 0 Å². The zero-order chi connectivity index (χ0) is 20.6. The minimum absolute atomic E-state index is 0.253. The van der Waals surface area contributed by atoms with E-state index in [4.69, 9.17) is 14.2 Å². The lowest BCUT2D eigenvalue weighted by atomic mass is 10.2. The van der Waals surface area contributed by atoms with Crippen molar-refractivity contribution in [2.75, 3.05) is 31.0 Å². The van der Waals surface area contributed by atoms with E-state index in [1.807, 2.05) is 0 Å². The van der Waals surface area contributed by atoms with Gasteiger partial charge >= 0.3 is 6.09 Å². The molecule has 0 aliphatic rings. The first-order valence-electron chi connectivity index (χ1n) is 8.90. The second kappa shape index (κ2) is 9.75. The lowest BCUT2D eigenvalue weighted by Gasteiger charge is -2.19. The Bertz CT molecular complexity index is 780. The standard InChI is InChI=1S/C21H26N2O5/c1-21(2,3)28-20(25)23-17-7-5-15(6-8-17)19(24)22-16-9-11-18(12-10-16)27-14-13-26-4/h5-12H,13-14H2,1-4H3,(H,22,24)(H,23,25). The van der Waals surface area contributed by atoms with E-state index >= 15 is 0 Å². The molecule has 150 valence electrons. The van der Waals surface area contributed by atoms with Crippen LogP contribution in [0.3, 0.4) is 0 Å². The van der Waals surface area contributed by atoms with Gasteiger partial charge in [0.25, 0.3) is 5.91 Å². The van der Waals surface area contributed by atoms with E-state index in [1.54, 1.807) is 76.4 Å². The maximum absolute atomic E-state index is 12.4. The first-order chi connectivity index (χ1) is 13.3.